The Labute approximate surface area is 283 Å². The van der Waals surface area contributed by atoms with Gasteiger partial charge in [0.25, 0.3) is 10.0 Å². The summed E-state index contributed by atoms with van der Waals surface area (Å²) in [5.74, 6) is -1.46. The summed E-state index contributed by atoms with van der Waals surface area (Å²) < 4.78 is 45.0. The van der Waals surface area contributed by atoms with E-state index >= 15 is 4.39 Å². The van der Waals surface area contributed by atoms with Crippen LogP contribution >= 0.6 is 0 Å². The molecule has 0 saturated heterocycles. The Morgan fingerprint density at radius 3 is 2.12 bits per heavy atom. The van der Waals surface area contributed by atoms with Gasteiger partial charge in [0.1, 0.15) is 18.4 Å². The smallest absolute Gasteiger partial charge is 0.264 e. The summed E-state index contributed by atoms with van der Waals surface area (Å²) in [5, 5.41) is 3.18. The van der Waals surface area contributed by atoms with Gasteiger partial charge in [0.05, 0.1) is 10.6 Å². The molecule has 252 valence electrons. The second-order valence-electron chi connectivity index (χ2n) is 12.5. The summed E-state index contributed by atoms with van der Waals surface area (Å²) >= 11 is 0. The van der Waals surface area contributed by atoms with Crippen LogP contribution in [0, 0.1) is 12.7 Å². The van der Waals surface area contributed by atoms with Crippen molar-refractivity contribution in [3.63, 3.8) is 0 Å². The van der Waals surface area contributed by atoms with E-state index in [0.29, 0.717) is 12.1 Å². The molecule has 0 spiro atoms. The lowest BCUT2D eigenvalue weighted by Gasteiger charge is -2.35. The normalized spacial score (nSPS) is 14.2. The number of para-hydroxylation sites is 1. The van der Waals surface area contributed by atoms with Crippen LogP contribution in [0.5, 0.6) is 0 Å². The van der Waals surface area contributed by atoms with Gasteiger partial charge in [-0.3, -0.25) is 13.9 Å². The molecular weight excluding hydrogens is 626 g/mol. The molecule has 0 bridgehead atoms. The number of rotatable bonds is 13. The molecule has 4 aromatic rings. The second-order valence-corrected chi connectivity index (χ2v) is 14.3. The summed E-state index contributed by atoms with van der Waals surface area (Å²) in [6.07, 6.45) is 5.54. The van der Waals surface area contributed by atoms with Crippen molar-refractivity contribution in [3.05, 3.63) is 131 Å². The third-order valence-electron chi connectivity index (χ3n) is 9.05. The highest BCUT2D eigenvalue weighted by Gasteiger charge is 2.36. The molecule has 0 aliphatic heterocycles. The lowest BCUT2D eigenvalue weighted by molar-refractivity contribution is -0.140. The van der Waals surface area contributed by atoms with Crippen molar-refractivity contribution >= 4 is 27.5 Å². The van der Waals surface area contributed by atoms with Gasteiger partial charge in [0.2, 0.25) is 11.8 Å². The Bertz CT molecular complexity index is 1790. The van der Waals surface area contributed by atoms with Gasteiger partial charge in [-0.1, -0.05) is 111 Å². The summed E-state index contributed by atoms with van der Waals surface area (Å²) in [4.78, 5) is 30.3. The minimum atomic E-state index is -4.23. The fourth-order valence-electron chi connectivity index (χ4n) is 6.31. The first-order valence-electron chi connectivity index (χ1n) is 16.7. The molecule has 9 heteroatoms. The monoisotopic (exact) mass is 669 g/mol. The first-order chi connectivity index (χ1) is 23.2. The minimum Gasteiger partial charge on any atom is -0.352 e. The Morgan fingerprint density at radius 1 is 0.833 bits per heavy atom. The average molecular weight is 670 g/mol. The molecule has 2 amide bonds. The van der Waals surface area contributed by atoms with E-state index in [1.807, 2.05) is 56.3 Å². The highest BCUT2D eigenvalue weighted by atomic mass is 32.2. The van der Waals surface area contributed by atoms with Crippen molar-refractivity contribution in [2.24, 2.45) is 0 Å². The maximum Gasteiger partial charge on any atom is 0.264 e. The van der Waals surface area contributed by atoms with Crippen LogP contribution in [0.3, 0.4) is 0 Å². The number of sulfonamides is 1. The third-order valence-corrected chi connectivity index (χ3v) is 10.8. The first-order valence-corrected chi connectivity index (χ1v) is 18.2. The van der Waals surface area contributed by atoms with Gasteiger partial charge in [-0.2, -0.15) is 0 Å². The van der Waals surface area contributed by atoms with Crippen LogP contribution in [0.15, 0.2) is 108 Å². The Balaban J connectivity index is 1.59. The molecule has 1 aliphatic rings. The SMILES string of the molecule is CCc1ccccc1N(CC(=O)N(Cc1ccccc1F)[C@@H](Cc1ccccc1)C(=O)NC1CCCCC1)S(=O)(=O)c1ccc(C)cc1. The van der Waals surface area contributed by atoms with Gasteiger partial charge in [0, 0.05) is 24.6 Å². The number of nitrogens with one attached hydrogen (secondary N) is 1. The summed E-state index contributed by atoms with van der Waals surface area (Å²) in [6, 6.07) is 28.1. The van der Waals surface area contributed by atoms with E-state index in [9.17, 15) is 18.0 Å². The van der Waals surface area contributed by atoms with Gasteiger partial charge in [-0.05, 0) is 61.6 Å². The molecule has 1 fully saturated rings. The van der Waals surface area contributed by atoms with Crippen LogP contribution in [0.4, 0.5) is 10.1 Å². The average Bonchev–Trinajstić information content (AvgIpc) is 3.10. The molecule has 4 aromatic carbocycles. The molecule has 0 unspecified atom stereocenters. The number of carbonyl (C=O) groups excluding carboxylic acids is 2. The van der Waals surface area contributed by atoms with Crippen molar-refractivity contribution in [3.8, 4) is 0 Å². The van der Waals surface area contributed by atoms with Gasteiger partial charge in [-0.25, -0.2) is 12.8 Å². The van der Waals surface area contributed by atoms with Crippen molar-refractivity contribution in [1.29, 1.82) is 0 Å². The van der Waals surface area contributed by atoms with E-state index in [4.69, 9.17) is 0 Å². The molecular formula is C39H44FN3O4S. The quantitative estimate of drug-likeness (QED) is 0.167. The predicted molar refractivity (Wildman–Crippen MR) is 187 cm³/mol. The van der Waals surface area contributed by atoms with Crippen LogP contribution in [-0.2, 0) is 39.0 Å². The fourth-order valence-corrected chi connectivity index (χ4v) is 7.76. The lowest BCUT2D eigenvalue weighted by atomic mass is 9.94. The zero-order valence-corrected chi connectivity index (χ0v) is 28.5. The van der Waals surface area contributed by atoms with Gasteiger partial charge < -0.3 is 10.2 Å². The zero-order valence-electron chi connectivity index (χ0n) is 27.6. The van der Waals surface area contributed by atoms with E-state index in [1.165, 1.54) is 23.1 Å². The van der Waals surface area contributed by atoms with E-state index in [1.54, 1.807) is 42.5 Å². The number of hydrogen-bond donors (Lipinski definition) is 1. The number of anilines is 1. The molecule has 0 radical (unpaired) electrons. The Kier molecular flexibility index (Phi) is 11.7. The van der Waals surface area contributed by atoms with Crippen LogP contribution in [0.25, 0.3) is 0 Å². The summed E-state index contributed by atoms with van der Waals surface area (Å²) in [7, 11) is -4.23. The number of nitrogens with zero attached hydrogens (tertiary/aromatic N) is 2. The minimum absolute atomic E-state index is 0.0234. The lowest BCUT2D eigenvalue weighted by Crippen LogP contribution is -2.55. The van der Waals surface area contributed by atoms with Crippen molar-refractivity contribution in [2.45, 2.75) is 82.3 Å². The maximum absolute atomic E-state index is 15.2. The highest BCUT2D eigenvalue weighted by Crippen LogP contribution is 2.29. The number of carbonyl (C=O) groups is 2. The van der Waals surface area contributed by atoms with Crippen molar-refractivity contribution in [1.82, 2.24) is 10.2 Å². The molecule has 0 heterocycles. The largest absolute Gasteiger partial charge is 0.352 e. The van der Waals surface area contributed by atoms with Gasteiger partial charge in [-0.15, -0.1) is 0 Å². The topological polar surface area (TPSA) is 86.8 Å². The number of aryl methyl sites for hydroxylation is 2. The fraction of sp³-hybridized carbons (Fsp3) is 0.333. The number of benzene rings is 4. The molecule has 1 saturated carbocycles. The molecule has 1 N–H and O–H groups in total. The van der Waals surface area contributed by atoms with Gasteiger partial charge in [0.15, 0.2) is 0 Å². The Hall–Kier alpha value is -4.50. The Morgan fingerprint density at radius 2 is 1.46 bits per heavy atom. The summed E-state index contributed by atoms with van der Waals surface area (Å²) in [5.41, 5.74) is 3.09. The number of hydrogen-bond acceptors (Lipinski definition) is 4. The molecule has 5 rings (SSSR count). The van der Waals surface area contributed by atoms with Crippen LogP contribution in [0.1, 0.15) is 61.3 Å². The first kappa shape index (κ1) is 34.8. The maximum atomic E-state index is 15.2. The number of halogens is 1. The van der Waals surface area contributed by atoms with Crippen LogP contribution < -0.4 is 9.62 Å². The molecule has 0 aromatic heterocycles. The summed E-state index contributed by atoms with van der Waals surface area (Å²) in [6.45, 7) is 3.00. The molecule has 7 nitrogen and oxygen atoms in total. The number of amides is 2. The molecule has 48 heavy (non-hydrogen) atoms. The zero-order chi connectivity index (χ0) is 34.1. The van der Waals surface area contributed by atoms with E-state index < -0.39 is 34.3 Å². The van der Waals surface area contributed by atoms with Crippen molar-refractivity contribution < 1.29 is 22.4 Å². The van der Waals surface area contributed by atoms with Crippen molar-refractivity contribution in [2.75, 3.05) is 10.8 Å². The molecule has 1 atom stereocenters. The van der Waals surface area contributed by atoms with E-state index in [2.05, 4.69) is 5.32 Å². The second kappa shape index (κ2) is 16.1. The standard InChI is InChI=1S/C39H44FN3O4S/c1-3-31-16-11-13-21-36(31)43(48(46,47)34-24-22-29(2)23-25-34)28-38(44)42(27-32-17-10-12-20-35(32)40)37(26-30-14-6-4-7-15-30)39(45)41-33-18-8-5-9-19-33/h4,6-7,10-17,20-25,33,37H,3,5,8-9,18-19,26-28H2,1-2H3,(H,41,45)/t37-/m0/s1. The van der Waals surface area contributed by atoms with E-state index in [0.717, 1.165) is 53.1 Å². The highest BCUT2D eigenvalue weighted by molar-refractivity contribution is 7.92. The predicted octanol–water partition coefficient (Wildman–Crippen LogP) is 6.98. The third kappa shape index (κ3) is 8.50. The van der Waals surface area contributed by atoms with E-state index in [-0.39, 0.29) is 35.4 Å². The van der Waals surface area contributed by atoms with Crippen LogP contribution in [-0.4, -0.2) is 43.8 Å². The van der Waals surface area contributed by atoms with Gasteiger partial charge >= 0.3 is 0 Å². The van der Waals surface area contributed by atoms with Crippen LogP contribution in [0.2, 0.25) is 0 Å². The molecule has 1 aliphatic carbocycles.